The van der Waals surface area contributed by atoms with E-state index < -0.39 is 0 Å². The maximum absolute atomic E-state index is 12.0. The Kier molecular flexibility index (Phi) is 3.60. The smallest absolute Gasteiger partial charge is 0.190 e. The first-order valence-corrected chi connectivity index (χ1v) is 6.10. The molecule has 2 rings (SSSR count). The lowest BCUT2D eigenvalue weighted by atomic mass is 10.0. The van der Waals surface area contributed by atoms with Gasteiger partial charge >= 0.3 is 0 Å². The van der Waals surface area contributed by atoms with Gasteiger partial charge in [0, 0.05) is 18.8 Å². The van der Waals surface area contributed by atoms with Crippen LogP contribution in [-0.2, 0) is 7.05 Å². The molecule has 19 heavy (non-hydrogen) atoms. The zero-order valence-electron chi connectivity index (χ0n) is 11.3. The molecule has 0 radical (unpaired) electrons. The maximum atomic E-state index is 12.0. The van der Waals surface area contributed by atoms with Crippen LogP contribution in [0.4, 0.5) is 0 Å². The third-order valence-corrected chi connectivity index (χ3v) is 3.15. The van der Waals surface area contributed by atoms with E-state index in [0.717, 1.165) is 11.1 Å². The summed E-state index contributed by atoms with van der Waals surface area (Å²) in [5, 5.41) is 4.00. The van der Waals surface area contributed by atoms with Crippen LogP contribution < -0.4 is 0 Å². The van der Waals surface area contributed by atoms with Gasteiger partial charge in [-0.05, 0) is 37.1 Å². The lowest BCUT2D eigenvalue weighted by molar-refractivity contribution is 0.0891. The van der Waals surface area contributed by atoms with E-state index in [2.05, 4.69) is 5.10 Å². The van der Waals surface area contributed by atoms with Crippen LogP contribution in [0, 0.1) is 13.8 Å². The van der Waals surface area contributed by atoms with Crippen LogP contribution in [-0.4, -0.2) is 21.3 Å². The van der Waals surface area contributed by atoms with Crippen LogP contribution in [0.25, 0.3) is 0 Å². The predicted molar refractivity (Wildman–Crippen MR) is 72.4 cm³/mol. The Labute approximate surface area is 112 Å². The number of rotatable bonds is 4. The highest BCUT2D eigenvalue weighted by atomic mass is 16.1. The van der Waals surface area contributed by atoms with Crippen molar-refractivity contribution >= 4 is 11.6 Å². The largest absolute Gasteiger partial charge is 0.294 e. The Hall–Kier alpha value is -2.23. The van der Waals surface area contributed by atoms with Crippen LogP contribution in [0.1, 0.15) is 38.4 Å². The number of carbonyl (C=O) groups excluding carboxylic acids is 2. The van der Waals surface area contributed by atoms with Crippen LogP contribution in [0.2, 0.25) is 0 Å². The van der Waals surface area contributed by atoms with Gasteiger partial charge in [-0.2, -0.15) is 5.10 Å². The van der Waals surface area contributed by atoms with Gasteiger partial charge in [0.15, 0.2) is 11.6 Å². The molecule has 0 N–H and O–H groups in total. The molecule has 0 aliphatic carbocycles. The van der Waals surface area contributed by atoms with Gasteiger partial charge in [-0.1, -0.05) is 12.1 Å². The second kappa shape index (κ2) is 5.18. The highest BCUT2D eigenvalue weighted by molar-refractivity contribution is 6.12. The fourth-order valence-electron chi connectivity index (χ4n) is 1.82. The normalized spacial score (nSPS) is 10.5. The average Bonchev–Trinajstić information content (AvgIpc) is 2.79. The maximum Gasteiger partial charge on any atom is 0.190 e. The van der Waals surface area contributed by atoms with Gasteiger partial charge in [-0.15, -0.1) is 0 Å². The topological polar surface area (TPSA) is 52.0 Å². The Balaban J connectivity index is 2.12. The van der Waals surface area contributed by atoms with Crippen molar-refractivity contribution in [3.8, 4) is 0 Å². The lowest BCUT2D eigenvalue weighted by Crippen LogP contribution is -2.10. The molecule has 1 aromatic heterocycles. The van der Waals surface area contributed by atoms with Crippen LogP contribution in [0.3, 0.4) is 0 Å². The first-order chi connectivity index (χ1) is 8.97. The Morgan fingerprint density at radius 3 is 2.42 bits per heavy atom. The van der Waals surface area contributed by atoms with Gasteiger partial charge in [-0.25, -0.2) is 0 Å². The number of nitrogens with zero attached hydrogens (tertiary/aromatic N) is 2. The summed E-state index contributed by atoms with van der Waals surface area (Å²) in [6, 6.07) is 7.10. The molecule has 1 heterocycles. The number of hydrogen-bond donors (Lipinski definition) is 0. The molecular weight excluding hydrogens is 240 g/mol. The van der Waals surface area contributed by atoms with Crippen molar-refractivity contribution in [1.29, 1.82) is 0 Å². The fourth-order valence-corrected chi connectivity index (χ4v) is 1.82. The minimum Gasteiger partial charge on any atom is -0.294 e. The van der Waals surface area contributed by atoms with E-state index >= 15 is 0 Å². The summed E-state index contributed by atoms with van der Waals surface area (Å²) in [4.78, 5) is 23.9. The first kappa shape index (κ1) is 13.2. The average molecular weight is 256 g/mol. The molecule has 0 bridgehead atoms. The quantitative estimate of drug-likeness (QED) is 0.624. The van der Waals surface area contributed by atoms with Crippen molar-refractivity contribution in [3.05, 3.63) is 52.8 Å². The highest BCUT2D eigenvalue weighted by Gasteiger charge is 2.15. The van der Waals surface area contributed by atoms with Crippen molar-refractivity contribution in [1.82, 2.24) is 9.78 Å². The van der Waals surface area contributed by atoms with E-state index in [1.807, 2.05) is 26.0 Å². The highest BCUT2D eigenvalue weighted by Crippen LogP contribution is 2.13. The van der Waals surface area contributed by atoms with E-state index in [-0.39, 0.29) is 18.0 Å². The number of Topliss-reactive ketones (excluding diaryl/α,β-unsaturated/α-hetero) is 2. The number of benzene rings is 1. The zero-order chi connectivity index (χ0) is 14.0. The summed E-state index contributed by atoms with van der Waals surface area (Å²) in [5.41, 5.74) is 3.09. The Morgan fingerprint density at radius 2 is 1.84 bits per heavy atom. The summed E-state index contributed by atoms with van der Waals surface area (Å²) in [6.07, 6.45) is 1.55. The molecule has 2 aromatic rings. The van der Waals surface area contributed by atoms with Crippen LogP contribution in [0.5, 0.6) is 0 Å². The van der Waals surface area contributed by atoms with E-state index in [1.54, 1.807) is 30.1 Å². The van der Waals surface area contributed by atoms with Crippen LogP contribution >= 0.6 is 0 Å². The molecule has 0 atom stereocenters. The molecule has 4 heteroatoms. The van der Waals surface area contributed by atoms with E-state index in [0.29, 0.717) is 11.3 Å². The molecule has 98 valence electrons. The van der Waals surface area contributed by atoms with Gasteiger partial charge in [0.25, 0.3) is 0 Å². The zero-order valence-corrected chi connectivity index (χ0v) is 11.3. The minimum absolute atomic E-state index is 0.139. The van der Waals surface area contributed by atoms with E-state index in [9.17, 15) is 9.59 Å². The summed E-state index contributed by atoms with van der Waals surface area (Å²) >= 11 is 0. The summed E-state index contributed by atoms with van der Waals surface area (Å²) in [6.45, 7) is 3.94. The molecule has 4 nitrogen and oxygen atoms in total. The Bertz CT molecular complexity index is 641. The lowest BCUT2D eigenvalue weighted by Gasteiger charge is -2.03. The van der Waals surface area contributed by atoms with Crippen molar-refractivity contribution in [3.63, 3.8) is 0 Å². The minimum atomic E-state index is -0.246. The van der Waals surface area contributed by atoms with Gasteiger partial charge in [0.1, 0.15) is 5.69 Å². The number of carbonyl (C=O) groups is 2. The molecular formula is C15H16N2O2. The standard InChI is InChI=1S/C15H16N2O2/c1-10-4-5-12(8-11(10)2)14(18)9-15(19)13-6-7-17(3)16-13/h4-8H,9H2,1-3H3. The third-order valence-electron chi connectivity index (χ3n) is 3.15. The van der Waals surface area contributed by atoms with E-state index in [4.69, 9.17) is 0 Å². The predicted octanol–water partition coefficient (Wildman–Crippen LogP) is 2.49. The van der Waals surface area contributed by atoms with Gasteiger partial charge < -0.3 is 0 Å². The second-order valence-electron chi connectivity index (χ2n) is 4.70. The fraction of sp³-hybridized carbons (Fsp3) is 0.267. The van der Waals surface area contributed by atoms with Crippen molar-refractivity contribution < 1.29 is 9.59 Å². The third kappa shape index (κ3) is 2.96. The molecule has 0 amide bonds. The molecule has 0 aliphatic rings. The van der Waals surface area contributed by atoms with Gasteiger partial charge in [0.05, 0.1) is 6.42 Å². The molecule has 0 spiro atoms. The summed E-state index contributed by atoms with van der Waals surface area (Å²) in [5.74, 6) is -0.414. The number of hydrogen-bond acceptors (Lipinski definition) is 3. The second-order valence-corrected chi connectivity index (χ2v) is 4.70. The van der Waals surface area contributed by atoms with Crippen molar-refractivity contribution in [2.75, 3.05) is 0 Å². The molecule has 1 aromatic carbocycles. The number of ketones is 2. The Morgan fingerprint density at radius 1 is 1.11 bits per heavy atom. The molecule has 0 saturated heterocycles. The molecule has 0 fully saturated rings. The van der Waals surface area contributed by atoms with Crippen molar-refractivity contribution in [2.24, 2.45) is 7.05 Å². The molecule has 0 saturated carbocycles. The molecule has 0 aliphatic heterocycles. The van der Waals surface area contributed by atoms with Gasteiger partial charge in [-0.3, -0.25) is 14.3 Å². The molecule has 0 unspecified atom stereocenters. The monoisotopic (exact) mass is 256 g/mol. The van der Waals surface area contributed by atoms with E-state index in [1.165, 1.54) is 0 Å². The van der Waals surface area contributed by atoms with Crippen molar-refractivity contribution in [2.45, 2.75) is 20.3 Å². The number of aryl methyl sites for hydroxylation is 3. The van der Waals surface area contributed by atoms with Crippen LogP contribution in [0.15, 0.2) is 30.5 Å². The first-order valence-electron chi connectivity index (χ1n) is 6.10. The SMILES string of the molecule is Cc1ccc(C(=O)CC(=O)c2ccn(C)n2)cc1C. The summed E-state index contributed by atoms with van der Waals surface area (Å²) in [7, 11) is 1.74. The summed E-state index contributed by atoms with van der Waals surface area (Å²) < 4.78 is 1.55. The van der Waals surface area contributed by atoms with Gasteiger partial charge in [0.2, 0.25) is 0 Å². The number of aromatic nitrogens is 2.